The second-order valence-electron chi connectivity index (χ2n) is 5.02. The van der Waals surface area contributed by atoms with Gasteiger partial charge in [-0.2, -0.15) is 10.1 Å². The molecule has 4 rings (SSSR count). The molecule has 0 saturated carbocycles. The molecule has 22 heavy (non-hydrogen) atoms. The quantitative estimate of drug-likeness (QED) is 0.630. The van der Waals surface area contributed by atoms with Crippen LogP contribution in [0, 0.1) is 0 Å². The van der Waals surface area contributed by atoms with E-state index in [1.807, 2.05) is 54.5 Å². The van der Waals surface area contributed by atoms with Gasteiger partial charge in [0.05, 0.1) is 11.9 Å². The number of nitrogens with one attached hydrogen (secondary N) is 1. The van der Waals surface area contributed by atoms with Crippen LogP contribution in [0.4, 0.5) is 11.6 Å². The van der Waals surface area contributed by atoms with Crippen molar-refractivity contribution < 1.29 is 0 Å². The molecule has 6 nitrogen and oxygen atoms in total. The Kier molecular flexibility index (Phi) is 2.86. The average molecular weight is 290 g/mol. The molecule has 0 radical (unpaired) electrons. The minimum Gasteiger partial charge on any atom is -0.321 e. The fraction of sp³-hybridized carbons (Fsp3) is 0.0625. The monoisotopic (exact) mass is 290 g/mol. The summed E-state index contributed by atoms with van der Waals surface area (Å²) in [4.78, 5) is 8.97. The van der Waals surface area contributed by atoms with Gasteiger partial charge in [0, 0.05) is 36.7 Å². The summed E-state index contributed by atoms with van der Waals surface area (Å²) in [6, 6.07) is 12.1. The predicted molar refractivity (Wildman–Crippen MR) is 85.4 cm³/mol. The number of rotatable bonds is 3. The van der Waals surface area contributed by atoms with E-state index in [1.54, 1.807) is 10.9 Å². The van der Waals surface area contributed by atoms with Gasteiger partial charge in [-0.05, 0) is 18.2 Å². The standard InChI is InChI=1S/C16H14N6/c1-21-11-13(10-18-21)19-16-17-9-12-7-8-22(15(12)20-16)14-5-3-2-4-6-14/h2-11H,1H3,(H,17,19,20). The highest BCUT2D eigenvalue weighted by molar-refractivity contribution is 5.78. The topological polar surface area (TPSA) is 60.6 Å². The Morgan fingerprint density at radius 2 is 1.91 bits per heavy atom. The molecule has 0 spiro atoms. The summed E-state index contributed by atoms with van der Waals surface area (Å²) in [7, 11) is 1.87. The lowest BCUT2D eigenvalue weighted by atomic mass is 10.3. The van der Waals surface area contributed by atoms with E-state index in [1.165, 1.54) is 0 Å². The number of benzene rings is 1. The molecular weight excluding hydrogens is 276 g/mol. The Morgan fingerprint density at radius 3 is 2.68 bits per heavy atom. The van der Waals surface area contributed by atoms with Gasteiger partial charge in [0.15, 0.2) is 0 Å². The summed E-state index contributed by atoms with van der Waals surface area (Å²) >= 11 is 0. The minimum absolute atomic E-state index is 0.552. The number of fused-ring (bicyclic) bond motifs is 1. The van der Waals surface area contributed by atoms with Crippen molar-refractivity contribution in [3.05, 3.63) is 61.2 Å². The first-order valence-electron chi connectivity index (χ1n) is 6.95. The van der Waals surface area contributed by atoms with Crippen molar-refractivity contribution in [3.8, 4) is 5.69 Å². The van der Waals surface area contributed by atoms with E-state index in [0.29, 0.717) is 5.95 Å². The van der Waals surface area contributed by atoms with Crippen LogP contribution in [0.15, 0.2) is 61.2 Å². The second-order valence-corrected chi connectivity index (χ2v) is 5.02. The van der Waals surface area contributed by atoms with Gasteiger partial charge in [0.25, 0.3) is 0 Å². The van der Waals surface area contributed by atoms with E-state index in [9.17, 15) is 0 Å². The third-order valence-corrected chi connectivity index (χ3v) is 3.42. The number of anilines is 2. The van der Waals surface area contributed by atoms with Gasteiger partial charge in [-0.3, -0.25) is 4.68 Å². The summed E-state index contributed by atoms with van der Waals surface area (Å²) in [6.07, 6.45) is 7.44. The molecule has 0 bridgehead atoms. The Hall–Kier alpha value is -3.15. The Morgan fingerprint density at radius 1 is 1.05 bits per heavy atom. The van der Waals surface area contributed by atoms with E-state index in [-0.39, 0.29) is 0 Å². The van der Waals surface area contributed by atoms with Crippen LogP contribution in [0.3, 0.4) is 0 Å². The van der Waals surface area contributed by atoms with E-state index >= 15 is 0 Å². The van der Waals surface area contributed by atoms with Gasteiger partial charge in [-0.15, -0.1) is 0 Å². The highest BCUT2D eigenvalue weighted by Crippen LogP contribution is 2.20. The average Bonchev–Trinajstić information content (AvgIpc) is 3.14. The molecule has 0 unspecified atom stereocenters. The second kappa shape index (κ2) is 5.00. The highest BCUT2D eigenvalue weighted by atomic mass is 15.3. The smallest absolute Gasteiger partial charge is 0.229 e. The molecular formula is C16H14N6. The predicted octanol–water partition coefficient (Wildman–Crippen LogP) is 2.90. The molecule has 4 aromatic rings. The van der Waals surface area contributed by atoms with Crippen LogP contribution in [-0.2, 0) is 7.05 Å². The van der Waals surface area contributed by atoms with E-state index < -0.39 is 0 Å². The van der Waals surface area contributed by atoms with Crippen LogP contribution in [0.25, 0.3) is 16.7 Å². The molecule has 0 aliphatic rings. The highest BCUT2D eigenvalue weighted by Gasteiger charge is 2.07. The molecule has 1 aromatic carbocycles. The van der Waals surface area contributed by atoms with Gasteiger partial charge >= 0.3 is 0 Å². The zero-order valence-electron chi connectivity index (χ0n) is 12.0. The zero-order chi connectivity index (χ0) is 14.9. The third kappa shape index (κ3) is 2.20. The number of nitrogens with zero attached hydrogens (tertiary/aromatic N) is 5. The lowest BCUT2D eigenvalue weighted by Gasteiger charge is -2.06. The largest absolute Gasteiger partial charge is 0.321 e. The van der Waals surface area contributed by atoms with Gasteiger partial charge in [0.1, 0.15) is 5.65 Å². The van der Waals surface area contributed by atoms with Crippen molar-refractivity contribution >= 4 is 22.7 Å². The number of aromatic nitrogens is 5. The number of para-hydroxylation sites is 1. The van der Waals surface area contributed by atoms with Gasteiger partial charge in [-0.25, -0.2) is 4.98 Å². The first-order chi connectivity index (χ1) is 10.8. The Labute approximate surface area is 127 Å². The van der Waals surface area contributed by atoms with Crippen molar-refractivity contribution in [2.45, 2.75) is 0 Å². The van der Waals surface area contributed by atoms with Crippen LogP contribution in [0.1, 0.15) is 0 Å². The SMILES string of the molecule is Cn1cc(Nc2ncc3ccn(-c4ccccc4)c3n2)cn1. The van der Waals surface area contributed by atoms with Crippen LogP contribution in [0.5, 0.6) is 0 Å². The molecule has 3 heterocycles. The van der Waals surface area contributed by atoms with E-state index in [4.69, 9.17) is 0 Å². The maximum atomic E-state index is 4.62. The zero-order valence-corrected chi connectivity index (χ0v) is 12.0. The first kappa shape index (κ1) is 12.6. The first-order valence-corrected chi connectivity index (χ1v) is 6.95. The molecule has 0 fully saturated rings. The maximum absolute atomic E-state index is 4.62. The molecule has 108 valence electrons. The fourth-order valence-electron chi connectivity index (χ4n) is 2.39. The summed E-state index contributed by atoms with van der Waals surface area (Å²) in [6.45, 7) is 0. The lowest BCUT2D eigenvalue weighted by Crippen LogP contribution is -1.99. The van der Waals surface area contributed by atoms with Gasteiger partial charge in [-0.1, -0.05) is 18.2 Å². The summed E-state index contributed by atoms with van der Waals surface area (Å²) < 4.78 is 3.78. The number of hydrogen-bond donors (Lipinski definition) is 1. The van der Waals surface area contributed by atoms with E-state index in [2.05, 4.69) is 32.5 Å². The lowest BCUT2D eigenvalue weighted by molar-refractivity contribution is 0.768. The van der Waals surface area contributed by atoms with Crippen LogP contribution < -0.4 is 5.32 Å². The normalized spacial score (nSPS) is 11.0. The summed E-state index contributed by atoms with van der Waals surface area (Å²) in [5.74, 6) is 0.552. The Bertz CT molecular complexity index is 922. The van der Waals surface area contributed by atoms with Gasteiger partial charge in [0.2, 0.25) is 5.95 Å². The van der Waals surface area contributed by atoms with Crippen LogP contribution in [0.2, 0.25) is 0 Å². The van der Waals surface area contributed by atoms with Gasteiger partial charge < -0.3 is 9.88 Å². The van der Waals surface area contributed by atoms with Crippen molar-refractivity contribution in [1.82, 2.24) is 24.3 Å². The molecule has 0 atom stereocenters. The summed E-state index contributed by atoms with van der Waals surface area (Å²) in [5, 5.41) is 8.29. The summed E-state index contributed by atoms with van der Waals surface area (Å²) in [5.41, 5.74) is 2.80. The number of hydrogen-bond acceptors (Lipinski definition) is 4. The molecule has 0 saturated heterocycles. The van der Waals surface area contributed by atoms with E-state index in [0.717, 1.165) is 22.4 Å². The van der Waals surface area contributed by atoms with Crippen molar-refractivity contribution in [2.24, 2.45) is 7.05 Å². The maximum Gasteiger partial charge on any atom is 0.229 e. The molecule has 1 N–H and O–H groups in total. The van der Waals surface area contributed by atoms with Crippen molar-refractivity contribution in [3.63, 3.8) is 0 Å². The van der Waals surface area contributed by atoms with Crippen molar-refractivity contribution in [2.75, 3.05) is 5.32 Å². The Balaban J connectivity index is 1.76. The molecule has 0 aliphatic heterocycles. The molecule has 6 heteroatoms. The molecule has 0 aliphatic carbocycles. The fourth-order valence-corrected chi connectivity index (χ4v) is 2.39. The van der Waals surface area contributed by atoms with Crippen LogP contribution in [-0.4, -0.2) is 24.3 Å². The molecule has 3 aromatic heterocycles. The number of aryl methyl sites for hydroxylation is 1. The van der Waals surface area contributed by atoms with Crippen molar-refractivity contribution in [1.29, 1.82) is 0 Å². The third-order valence-electron chi connectivity index (χ3n) is 3.42. The van der Waals surface area contributed by atoms with Crippen LogP contribution >= 0.6 is 0 Å². The minimum atomic E-state index is 0.552. The molecule has 0 amide bonds.